The van der Waals surface area contributed by atoms with Crippen molar-refractivity contribution in [3.05, 3.63) is 70.8 Å². The van der Waals surface area contributed by atoms with Crippen LogP contribution in [0, 0.1) is 0 Å². The highest BCUT2D eigenvalue weighted by atomic mass is 35.5. The summed E-state index contributed by atoms with van der Waals surface area (Å²) in [6.07, 6.45) is 4.51. The van der Waals surface area contributed by atoms with E-state index in [1.165, 1.54) is 19.3 Å². The Labute approximate surface area is 188 Å². The molecule has 2 aliphatic heterocycles. The lowest BCUT2D eigenvalue weighted by Gasteiger charge is -2.43. The van der Waals surface area contributed by atoms with Gasteiger partial charge in [-0.25, -0.2) is 0 Å². The maximum absolute atomic E-state index is 13.1. The summed E-state index contributed by atoms with van der Waals surface area (Å²) in [5.74, 6) is 0.0423. The molecule has 5 nitrogen and oxygen atoms in total. The molecule has 0 N–H and O–H groups in total. The van der Waals surface area contributed by atoms with Gasteiger partial charge in [-0.15, -0.1) is 0 Å². The topological polar surface area (TPSA) is 43.9 Å². The number of hydrogen-bond donors (Lipinski definition) is 0. The molecule has 1 atom stereocenters. The van der Waals surface area contributed by atoms with Crippen molar-refractivity contribution in [3.63, 3.8) is 0 Å². The first-order chi connectivity index (χ1) is 15.1. The highest BCUT2D eigenvalue weighted by Gasteiger charge is 2.32. The van der Waals surface area contributed by atoms with Crippen molar-refractivity contribution in [1.29, 1.82) is 0 Å². The number of piperazine rings is 1. The average molecular weight is 438 g/mol. The van der Waals surface area contributed by atoms with E-state index in [-0.39, 0.29) is 11.8 Å². The first-order valence-corrected chi connectivity index (χ1v) is 11.7. The molecule has 1 unspecified atom stereocenters. The van der Waals surface area contributed by atoms with Gasteiger partial charge in [0, 0.05) is 56.3 Å². The van der Waals surface area contributed by atoms with Gasteiger partial charge in [-0.2, -0.15) is 0 Å². The van der Waals surface area contributed by atoms with Crippen molar-refractivity contribution in [3.8, 4) is 0 Å². The Morgan fingerprint density at radius 1 is 0.839 bits per heavy atom. The number of nitrogens with zero attached hydrogens (tertiary/aromatic N) is 3. The third kappa shape index (κ3) is 4.09. The van der Waals surface area contributed by atoms with Crippen molar-refractivity contribution in [2.75, 3.05) is 26.2 Å². The number of rotatable bonds is 3. The first kappa shape index (κ1) is 20.5. The highest BCUT2D eigenvalue weighted by Crippen LogP contribution is 2.29. The van der Waals surface area contributed by atoms with E-state index in [4.69, 9.17) is 11.6 Å². The van der Waals surface area contributed by atoms with Gasteiger partial charge in [-0.3, -0.25) is 14.5 Å². The summed E-state index contributed by atoms with van der Waals surface area (Å²) in [5.41, 5.74) is 3.08. The van der Waals surface area contributed by atoms with Gasteiger partial charge in [0.2, 0.25) is 0 Å². The number of carbonyl (C=O) groups is 2. The number of hydrogen-bond acceptors (Lipinski definition) is 3. The minimum atomic E-state index is -0.420. The van der Waals surface area contributed by atoms with Crippen LogP contribution in [0.5, 0.6) is 0 Å². The fraction of sp³-hybridized carbons (Fsp3) is 0.440. The van der Waals surface area contributed by atoms with Gasteiger partial charge in [-0.1, -0.05) is 42.3 Å². The van der Waals surface area contributed by atoms with Crippen molar-refractivity contribution in [2.45, 2.75) is 43.8 Å². The second-order valence-corrected chi connectivity index (χ2v) is 9.34. The van der Waals surface area contributed by atoms with Crippen LogP contribution in [0.4, 0.5) is 0 Å². The molecule has 2 heterocycles. The first-order valence-electron chi connectivity index (χ1n) is 11.3. The van der Waals surface area contributed by atoms with Crippen LogP contribution in [0.25, 0.3) is 0 Å². The third-order valence-electron chi connectivity index (χ3n) is 6.99. The van der Waals surface area contributed by atoms with Crippen molar-refractivity contribution in [2.24, 2.45) is 0 Å². The maximum atomic E-state index is 13.1. The zero-order valence-electron chi connectivity index (χ0n) is 17.7. The molecular formula is C25H28ClN3O2. The Hall–Kier alpha value is -2.37. The molecule has 2 amide bonds. The summed E-state index contributed by atoms with van der Waals surface area (Å²) in [6.45, 7) is 4.00. The van der Waals surface area contributed by atoms with Crippen LogP contribution >= 0.6 is 11.6 Å². The molecule has 0 aromatic heterocycles. The van der Waals surface area contributed by atoms with Gasteiger partial charge in [0.05, 0.1) is 0 Å². The fourth-order valence-corrected chi connectivity index (χ4v) is 5.17. The van der Waals surface area contributed by atoms with Crippen molar-refractivity contribution >= 4 is 23.4 Å². The minimum Gasteiger partial charge on any atom is -0.336 e. The average Bonchev–Trinajstić information content (AvgIpc) is 2.77. The quantitative estimate of drug-likeness (QED) is 0.542. The molecular weight excluding hydrogens is 410 g/mol. The summed E-state index contributed by atoms with van der Waals surface area (Å²) < 4.78 is 0. The van der Waals surface area contributed by atoms with E-state index in [9.17, 15) is 9.59 Å². The van der Waals surface area contributed by atoms with E-state index in [2.05, 4.69) is 4.90 Å². The molecule has 3 aliphatic rings. The molecule has 6 heteroatoms. The molecule has 1 saturated carbocycles. The third-order valence-corrected chi connectivity index (χ3v) is 7.38. The molecule has 0 radical (unpaired) electrons. The van der Waals surface area contributed by atoms with Gasteiger partial charge >= 0.3 is 0 Å². The number of alkyl halides is 1. The second kappa shape index (κ2) is 8.64. The van der Waals surface area contributed by atoms with E-state index >= 15 is 0 Å². The Kier molecular flexibility index (Phi) is 5.72. The zero-order chi connectivity index (χ0) is 21.4. The zero-order valence-corrected chi connectivity index (χ0v) is 18.4. The van der Waals surface area contributed by atoms with E-state index < -0.39 is 5.50 Å². The van der Waals surface area contributed by atoms with Crippen LogP contribution in [0.15, 0.2) is 48.5 Å². The van der Waals surface area contributed by atoms with Gasteiger partial charge < -0.3 is 9.80 Å². The molecule has 2 aromatic rings. The van der Waals surface area contributed by atoms with Crippen LogP contribution in [0.1, 0.15) is 51.1 Å². The van der Waals surface area contributed by atoms with E-state index in [1.54, 1.807) is 4.90 Å². The summed E-state index contributed by atoms with van der Waals surface area (Å²) in [4.78, 5) is 32.2. The molecule has 31 heavy (non-hydrogen) atoms. The maximum Gasteiger partial charge on any atom is 0.255 e. The lowest BCUT2D eigenvalue weighted by molar-refractivity contribution is 0.0455. The standard InChI is InChI=1S/C25H28ClN3O2/c26-23-16-21-15-19(24(30)28-13-11-27(12-14-28)22-7-4-8-22)9-10-20(21)17-29(23)25(31)18-5-2-1-3-6-18/h1-3,5-6,9-10,15,22-23H,4,7-8,11-14,16-17H2. The number of fused-ring (bicyclic) bond motifs is 1. The number of carbonyl (C=O) groups excluding carboxylic acids is 2. The fourth-order valence-electron chi connectivity index (χ4n) is 4.85. The van der Waals surface area contributed by atoms with Crippen LogP contribution in [-0.2, 0) is 13.0 Å². The van der Waals surface area contributed by atoms with Gasteiger partial charge in [0.25, 0.3) is 11.8 Å². The van der Waals surface area contributed by atoms with E-state index in [0.29, 0.717) is 18.5 Å². The largest absolute Gasteiger partial charge is 0.336 e. The molecule has 162 valence electrons. The van der Waals surface area contributed by atoms with Crippen LogP contribution in [0.3, 0.4) is 0 Å². The summed E-state index contributed by atoms with van der Waals surface area (Å²) in [6, 6.07) is 15.9. The molecule has 0 bridgehead atoms. The van der Waals surface area contributed by atoms with Crippen LogP contribution < -0.4 is 0 Å². The van der Waals surface area contributed by atoms with Crippen LogP contribution in [0.2, 0.25) is 0 Å². The van der Waals surface area contributed by atoms with Gasteiger partial charge in [0.15, 0.2) is 0 Å². The SMILES string of the molecule is O=C(c1ccc2c(c1)CC(Cl)N(C(=O)c1ccccc1)C2)N1CCN(C2CCC2)CC1. The predicted octanol–water partition coefficient (Wildman–Crippen LogP) is 3.76. The molecule has 5 rings (SSSR count). The second-order valence-electron chi connectivity index (χ2n) is 8.83. The monoisotopic (exact) mass is 437 g/mol. The van der Waals surface area contributed by atoms with Crippen LogP contribution in [-0.4, -0.2) is 64.2 Å². The lowest BCUT2D eigenvalue weighted by Crippen LogP contribution is -2.53. The Morgan fingerprint density at radius 2 is 1.58 bits per heavy atom. The number of halogens is 1. The highest BCUT2D eigenvalue weighted by molar-refractivity contribution is 6.22. The lowest BCUT2D eigenvalue weighted by atomic mass is 9.91. The molecule has 1 saturated heterocycles. The minimum absolute atomic E-state index is 0.0595. The Balaban J connectivity index is 1.26. The van der Waals surface area contributed by atoms with E-state index in [0.717, 1.165) is 48.9 Å². The predicted molar refractivity (Wildman–Crippen MR) is 121 cm³/mol. The smallest absolute Gasteiger partial charge is 0.255 e. The number of benzene rings is 2. The Bertz CT molecular complexity index is 968. The molecule has 1 aliphatic carbocycles. The molecule has 2 aromatic carbocycles. The molecule has 0 spiro atoms. The number of amides is 2. The van der Waals surface area contributed by atoms with Gasteiger partial charge in [-0.05, 0) is 48.2 Å². The van der Waals surface area contributed by atoms with E-state index in [1.807, 2.05) is 53.4 Å². The summed E-state index contributed by atoms with van der Waals surface area (Å²) in [5, 5.41) is 0. The summed E-state index contributed by atoms with van der Waals surface area (Å²) >= 11 is 6.60. The Morgan fingerprint density at radius 3 is 2.26 bits per heavy atom. The van der Waals surface area contributed by atoms with Crippen molar-refractivity contribution < 1.29 is 9.59 Å². The van der Waals surface area contributed by atoms with Gasteiger partial charge in [0.1, 0.15) is 5.50 Å². The normalized spacial score (nSPS) is 22.0. The summed E-state index contributed by atoms with van der Waals surface area (Å²) in [7, 11) is 0. The van der Waals surface area contributed by atoms with Crippen molar-refractivity contribution in [1.82, 2.24) is 14.7 Å². The molecule has 2 fully saturated rings.